The first kappa shape index (κ1) is 20.5. The zero-order valence-electron chi connectivity index (χ0n) is 16.8. The second-order valence-corrected chi connectivity index (χ2v) is 7.00. The van der Waals surface area contributed by atoms with Crippen LogP contribution in [-0.2, 0) is 0 Å². The number of ether oxygens (including phenoxy) is 3. The number of hydrogen-bond acceptors (Lipinski definition) is 7. The average molecular weight is 413 g/mol. The van der Waals surface area contributed by atoms with Gasteiger partial charge in [-0.15, -0.1) is 11.3 Å². The highest BCUT2D eigenvalue weighted by molar-refractivity contribution is 7.07. The molecule has 0 N–H and O–H groups in total. The number of methoxy groups -OCH3 is 3. The summed E-state index contributed by atoms with van der Waals surface area (Å²) in [5.41, 5.74) is 2.65. The van der Waals surface area contributed by atoms with Crippen LogP contribution in [0, 0.1) is 0 Å². The molecule has 7 nitrogen and oxygen atoms in total. The Morgan fingerprint density at radius 2 is 1.93 bits per heavy atom. The quantitative estimate of drug-likeness (QED) is 0.410. The van der Waals surface area contributed by atoms with Crippen molar-refractivity contribution < 1.29 is 18.6 Å². The van der Waals surface area contributed by atoms with Gasteiger partial charge in [-0.3, -0.25) is 4.99 Å². The lowest BCUT2D eigenvalue weighted by atomic mass is 10.1. The lowest BCUT2D eigenvalue weighted by molar-refractivity contribution is 0.324. The summed E-state index contributed by atoms with van der Waals surface area (Å²) < 4.78 is 23.5. The van der Waals surface area contributed by atoms with Gasteiger partial charge in [0.05, 0.1) is 46.0 Å². The Hall–Kier alpha value is -3.26. The minimum atomic E-state index is 0.519. The van der Waals surface area contributed by atoms with Crippen LogP contribution in [0.3, 0.4) is 0 Å². The van der Waals surface area contributed by atoms with Crippen molar-refractivity contribution in [2.45, 2.75) is 6.92 Å². The van der Waals surface area contributed by atoms with E-state index < -0.39 is 0 Å². The smallest absolute Gasteiger partial charge is 0.206 e. The molecule has 0 spiro atoms. The normalized spacial score (nSPS) is 11.8. The number of furan rings is 1. The maximum atomic E-state index is 5.49. The molecule has 0 fully saturated rings. The van der Waals surface area contributed by atoms with Crippen molar-refractivity contribution in [1.82, 2.24) is 4.68 Å². The van der Waals surface area contributed by atoms with Gasteiger partial charge in [-0.25, -0.2) is 4.68 Å². The first-order valence-corrected chi connectivity index (χ1v) is 9.69. The lowest BCUT2D eigenvalue weighted by Gasteiger charge is -2.14. The highest BCUT2D eigenvalue weighted by Gasteiger charge is 2.17. The minimum Gasteiger partial charge on any atom is -0.493 e. The van der Waals surface area contributed by atoms with Gasteiger partial charge in [0.25, 0.3) is 0 Å². The summed E-state index contributed by atoms with van der Waals surface area (Å²) in [5.74, 6) is 2.31. The number of rotatable bonds is 8. The number of aromatic nitrogens is 1. The highest BCUT2D eigenvalue weighted by Crippen LogP contribution is 2.41. The van der Waals surface area contributed by atoms with Crippen molar-refractivity contribution in [1.29, 1.82) is 0 Å². The molecule has 8 heteroatoms. The van der Waals surface area contributed by atoms with Gasteiger partial charge in [0.2, 0.25) is 10.6 Å². The van der Waals surface area contributed by atoms with E-state index in [4.69, 9.17) is 18.6 Å². The van der Waals surface area contributed by atoms with Gasteiger partial charge in [-0.1, -0.05) is 12.2 Å². The van der Waals surface area contributed by atoms with E-state index in [1.807, 2.05) is 36.6 Å². The molecule has 0 radical (unpaired) electrons. The van der Waals surface area contributed by atoms with Gasteiger partial charge in [0.1, 0.15) is 5.76 Å². The van der Waals surface area contributed by atoms with Crippen LogP contribution in [0.4, 0.5) is 0 Å². The third kappa shape index (κ3) is 4.60. The summed E-state index contributed by atoms with van der Waals surface area (Å²) in [6, 6.07) is 7.40. The molecule has 0 aliphatic carbocycles. The predicted octanol–water partition coefficient (Wildman–Crippen LogP) is 4.19. The van der Waals surface area contributed by atoms with E-state index in [0.29, 0.717) is 29.6 Å². The second-order valence-electron chi connectivity index (χ2n) is 6.16. The summed E-state index contributed by atoms with van der Waals surface area (Å²) in [7, 11) is 4.75. The van der Waals surface area contributed by atoms with Crippen LogP contribution in [0.1, 0.15) is 12.7 Å². The molecular formula is C21H23N3O4S. The Balaban J connectivity index is 2.16. The molecule has 2 heterocycles. The molecular weight excluding hydrogens is 390 g/mol. The Bertz CT molecular complexity index is 1050. The fraction of sp³-hybridized carbons (Fsp3) is 0.238. The molecule has 0 aliphatic rings. The van der Waals surface area contributed by atoms with Crippen molar-refractivity contribution in [2.75, 3.05) is 27.9 Å². The minimum absolute atomic E-state index is 0.519. The maximum absolute atomic E-state index is 5.49. The standard InChI is InChI=1S/C21H23N3O4S/c1-14(2)11-22-21-24(23-12-16-7-6-8-28-16)17(13-29-21)15-9-18(25-3)20(27-5)19(10-15)26-4/h6-10,12-13H,1,11H2,2-5H3. The van der Waals surface area contributed by atoms with Crippen LogP contribution in [0.15, 0.2) is 62.6 Å². The first-order valence-electron chi connectivity index (χ1n) is 8.81. The predicted molar refractivity (Wildman–Crippen MR) is 114 cm³/mol. The van der Waals surface area contributed by atoms with Crippen LogP contribution >= 0.6 is 11.3 Å². The molecule has 0 unspecified atom stereocenters. The summed E-state index contributed by atoms with van der Waals surface area (Å²) in [4.78, 5) is 5.36. The fourth-order valence-electron chi connectivity index (χ4n) is 2.63. The molecule has 1 aromatic carbocycles. The van der Waals surface area contributed by atoms with E-state index >= 15 is 0 Å². The molecule has 2 aromatic heterocycles. The van der Waals surface area contributed by atoms with E-state index in [2.05, 4.69) is 16.7 Å². The summed E-state index contributed by atoms with van der Waals surface area (Å²) >= 11 is 1.48. The zero-order valence-corrected chi connectivity index (χ0v) is 17.7. The van der Waals surface area contributed by atoms with E-state index in [9.17, 15) is 0 Å². The average Bonchev–Trinajstić information content (AvgIpc) is 3.38. The van der Waals surface area contributed by atoms with Crippen molar-refractivity contribution in [2.24, 2.45) is 10.1 Å². The SMILES string of the molecule is C=C(C)CN=c1scc(-c2cc(OC)c(OC)c(OC)c2)n1N=Cc1ccco1. The third-order valence-corrected chi connectivity index (χ3v) is 4.83. The summed E-state index contributed by atoms with van der Waals surface area (Å²) in [6.45, 7) is 6.37. The first-order chi connectivity index (χ1) is 14.1. The molecule has 0 aliphatic heterocycles. The monoisotopic (exact) mass is 413 g/mol. The molecule has 0 saturated heterocycles. The number of thiazole rings is 1. The van der Waals surface area contributed by atoms with Gasteiger partial charge in [-0.2, -0.15) is 5.10 Å². The molecule has 0 atom stereocenters. The van der Waals surface area contributed by atoms with Crippen LogP contribution in [0.5, 0.6) is 17.2 Å². The number of benzene rings is 1. The van der Waals surface area contributed by atoms with Crippen molar-refractivity contribution in [3.63, 3.8) is 0 Å². The van der Waals surface area contributed by atoms with Gasteiger partial charge in [0, 0.05) is 10.9 Å². The Kier molecular flexibility index (Phi) is 6.56. The Morgan fingerprint density at radius 3 is 2.48 bits per heavy atom. The highest BCUT2D eigenvalue weighted by atomic mass is 32.1. The van der Waals surface area contributed by atoms with E-state index in [0.717, 1.165) is 21.6 Å². The Morgan fingerprint density at radius 1 is 1.21 bits per heavy atom. The van der Waals surface area contributed by atoms with Crippen molar-refractivity contribution in [3.8, 4) is 28.5 Å². The van der Waals surface area contributed by atoms with Gasteiger partial charge in [0.15, 0.2) is 11.5 Å². The van der Waals surface area contributed by atoms with Gasteiger partial charge < -0.3 is 18.6 Å². The van der Waals surface area contributed by atoms with Crippen molar-refractivity contribution >= 4 is 17.6 Å². The van der Waals surface area contributed by atoms with Gasteiger partial charge >= 0.3 is 0 Å². The lowest BCUT2D eigenvalue weighted by Crippen LogP contribution is -2.13. The molecule has 0 bridgehead atoms. The summed E-state index contributed by atoms with van der Waals surface area (Å²) in [5, 5.41) is 6.57. The van der Waals surface area contributed by atoms with Crippen LogP contribution < -0.4 is 19.0 Å². The molecule has 3 rings (SSSR count). The maximum Gasteiger partial charge on any atom is 0.206 e. The van der Waals surface area contributed by atoms with Gasteiger partial charge in [-0.05, 0) is 31.2 Å². The molecule has 0 amide bonds. The largest absolute Gasteiger partial charge is 0.493 e. The molecule has 3 aromatic rings. The van der Waals surface area contributed by atoms with Crippen LogP contribution in [0.2, 0.25) is 0 Å². The van der Waals surface area contributed by atoms with Crippen LogP contribution in [-0.4, -0.2) is 38.8 Å². The molecule has 152 valence electrons. The van der Waals surface area contributed by atoms with Crippen molar-refractivity contribution in [3.05, 3.63) is 58.6 Å². The van der Waals surface area contributed by atoms with E-state index in [1.54, 1.807) is 38.5 Å². The second kappa shape index (κ2) is 9.29. The van der Waals surface area contributed by atoms with E-state index in [1.165, 1.54) is 11.3 Å². The fourth-order valence-corrected chi connectivity index (χ4v) is 3.47. The third-order valence-electron chi connectivity index (χ3n) is 3.97. The zero-order chi connectivity index (χ0) is 20.8. The molecule has 29 heavy (non-hydrogen) atoms. The Labute approximate surface area is 173 Å². The van der Waals surface area contributed by atoms with Crippen LogP contribution in [0.25, 0.3) is 11.3 Å². The number of hydrogen-bond donors (Lipinski definition) is 0. The van der Waals surface area contributed by atoms with E-state index in [-0.39, 0.29) is 0 Å². The summed E-state index contributed by atoms with van der Waals surface area (Å²) in [6.07, 6.45) is 3.25. The topological polar surface area (TPSA) is 70.5 Å². The molecule has 0 saturated carbocycles. The number of nitrogens with zero attached hydrogens (tertiary/aromatic N) is 3.